The molecular weight excluding hydrogens is 250 g/mol. The van der Waals surface area contributed by atoms with E-state index in [1.807, 2.05) is 12.1 Å². The second-order valence-electron chi connectivity index (χ2n) is 4.49. The van der Waals surface area contributed by atoms with Gasteiger partial charge in [0, 0.05) is 31.0 Å². The zero-order chi connectivity index (χ0) is 13.4. The van der Waals surface area contributed by atoms with E-state index in [-0.39, 0.29) is 0 Å². The minimum atomic E-state index is -0.475. The molecule has 0 aliphatic rings. The Kier molecular flexibility index (Phi) is 7.27. The quantitative estimate of drug-likeness (QED) is 0.719. The maximum absolute atomic E-state index is 9.70. The molecule has 104 valence electrons. The Morgan fingerprint density at radius 3 is 2.83 bits per heavy atom. The van der Waals surface area contributed by atoms with Crippen molar-refractivity contribution in [3.05, 3.63) is 17.0 Å². The van der Waals surface area contributed by atoms with Crippen molar-refractivity contribution in [2.75, 3.05) is 26.9 Å². The predicted octanol–water partition coefficient (Wildman–Crippen LogP) is 1.67. The molecule has 0 aromatic carbocycles. The average Bonchev–Trinajstić information content (AvgIpc) is 2.79. The highest BCUT2D eigenvalue weighted by molar-refractivity contribution is 7.13. The van der Waals surface area contributed by atoms with Gasteiger partial charge in [-0.15, -0.1) is 11.3 Å². The number of hydrogen-bond donors (Lipinski definition) is 2. The van der Waals surface area contributed by atoms with Crippen LogP contribution in [0.1, 0.15) is 18.7 Å². The van der Waals surface area contributed by atoms with Gasteiger partial charge in [0.25, 0.3) is 0 Å². The molecule has 0 saturated carbocycles. The van der Waals surface area contributed by atoms with Crippen LogP contribution in [0.3, 0.4) is 0 Å². The van der Waals surface area contributed by atoms with Gasteiger partial charge in [-0.25, -0.2) is 0 Å². The van der Waals surface area contributed by atoms with Crippen LogP contribution in [0.4, 0.5) is 0 Å². The number of thiophene rings is 1. The van der Waals surface area contributed by atoms with E-state index in [1.165, 1.54) is 4.88 Å². The van der Waals surface area contributed by atoms with Crippen molar-refractivity contribution in [1.29, 1.82) is 0 Å². The molecule has 0 aliphatic carbocycles. The Bertz CT molecular complexity index is 328. The highest BCUT2D eigenvalue weighted by atomic mass is 32.1. The van der Waals surface area contributed by atoms with Gasteiger partial charge in [0.05, 0.1) is 6.61 Å². The molecule has 1 aromatic heterocycles. The smallest absolute Gasteiger partial charge is 0.174 e. The lowest BCUT2D eigenvalue weighted by Gasteiger charge is -2.14. The van der Waals surface area contributed by atoms with Crippen molar-refractivity contribution in [3.8, 4) is 5.06 Å². The zero-order valence-corrected chi connectivity index (χ0v) is 12.1. The molecule has 1 unspecified atom stereocenters. The van der Waals surface area contributed by atoms with Crippen LogP contribution in [-0.2, 0) is 11.2 Å². The number of nitrogens with one attached hydrogen (secondary N) is 1. The van der Waals surface area contributed by atoms with E-state index in [0.29, 0.717) is 19.2 Å². The largest absolute Gasteiger partial charge is 0.481 e. The molecule has 0 aliphatic heterocycles. The van der Waals surface area contributed by atoms with E-state index in [1.54, 1.807) is 18.4 Å². The summed E-state index contributed by atoms with van der Waals surface area (Å²) >= 11 is 1.61. The summed E-state index contributed by atoms with van der Waals surface area (Å²) < 4.78 is 10.6. The first-order valence-corrected chi connectivity index (χ1v) is 7.05. The Balaban J connectivity index is 2.23. The molecule has 1 atom stereocenters. The second kappa shape index (κ2) is 8.48. The van der Waals surface area contributed by atoms with Crippen LogP contribution in [0.2, 0.25) is 0 Å². The number of aliphatic hydroxyl groups is 1. The maximum Gasteiger partial charge on any atom is 0.174 e. The van der Waals surface area contributed by atoms with E-state index < -0.39 is 6.10 Å². The predicted molar refractivity (Wildman–Crippen MR) is 74.5 cm³/mol. The fourth-order valence-corrected chi connectivity index (χ4v) is 2.22. The molecule has 0 fully saturated rings. The van der Waals surface area contributed by atoms with E-state index in [9.17, 15) is 5.11 Å². The van der Waals surface area contributed by atoms with E-state index in [0.717, 1.165) is 18.1 Å². The highest BCUT2D eigenvalue weighted by Gasteiger charge is 2.07. The summed E-state index contributed by atoms with van der Waals surface area (Å²) in [5.74, 6) is 0. The summed E-state index contributed by atoms with van der Waals surface area (Å²) in [6.07, 6.45) is 0.430. The molecule has 18 heavy (non-hydrogen) atoms. The van der Waals surface area contributed by atoms with Crippen LogP contribution in [-0.4, -0.2) is 44.1 Å². The van der Waals surface area contributed by atoms with Gasteiger partial charge in [-0.2, -0.15) is 0 Å². The molecule has 0 bridgehead atoms. The van der Waals surface area contributed by atoms with Gasteiger partial charge in [-0.3, -0.25) is 0 Å². The third-order valence-corrected chi connectivity index (χ3v) is 3.43. The van der Waals surface area contributed by atoms with Crippen molar-refractivity contribution in [2.24, 2.45) is 0 Å². The summed E-state index contributed by atoms with van der Waals surface area (Å²) in [6.45, 7) is 5.70. The van der Waals surface area contributed by atoms with Gasteiger partial charge < -0.3 is 19.9 Å². The van der Waals surface area contributed by atoms with Crippen LogP contribution >= 0.6 is 11.3 Å². The lowest BCUT2D eigenvalue weighted by Crippen LogP contribution is -2.35. The molecule has 4 nitrogen and oxygen atoms in total. The summed E-state index contributed by atoms with van der Waals surface area (Å²) in [5, 5.41) is 13.7. The highest BCUT2D eigenvalue weighted by Crippen LogP contribution is 2.24. The first-order valence-electron chi connectivity index (χ1n) is 6.23. The Hall–Kier alpha value is -0.620. The number of hydrogen-bond acceptors (Lipinski definition) is 5. The van der Waals surface area contributed by atoms with Crippen molar-refractivity contribution in [3.63, 3.8) is 0 Å². The van der Waals surface area contributed by atoms with Gasteiger partial charge in [0.15, 0.2) is 5.06 Å². The summed E-state index contributed by atoms with van der Waals surface area (Å²) in [7, 11) is 1.70. The molecular formula is C13H23NO3S. The number of aliphatic hydroxyl groups excluding tert-OH is 1. The third kappa shape index (κ3) is 6.35. The van der Waals surface area contributed by atoms with Crippen LogP contribution in [0.15, 0.2) is 12.1 Å². The standard InChI is InChI=1S/C13H23NO3S/c1-10(2)14-8-11(15)9-17-13-5-4-12(18-13)6-7-16-3/h4-5,10-11,14-15H,6-9H2,1-3H3. The van der Waals surface area contributed by atoms with Crippen LogP contribution in [0.5, 0.6) is 5.06 Å². The summed E-state index contributed by atoms with van der Waals surface area (Å²) in [4.78, 5) is 1.24. The molecule has 0 amide bonds. The number of rotatable bonds is 9. The minimum Gasteiger partial charge on any atom is -0.481 e. The van der Waals surface area contributed by atoms with Crippen LogP contribution in [0.25, 0.3) is 0 Å². The Morgan fingerprint density at radius 2 is 2.17 bits per heavy atom. The van der Waals surface area contributed by atoms with Gasteiger partial charge in [0.2, 0.25) is 0 Å². The van der Waals surface area contributed by atoms with Crippen molar-refractivity contribution in [1.82, 2.24) is 5.32 Å². The summed E-state index contributed by atoms with van der Waals surface area (Å²) in [6, 6.07) is 4.36. The van der Waals surface area contributed by atoms with E-state index in [4.69, 9.17) is 9.47 Å². The molecule has 1 aromatic rings. The van der Waals surface area contributed by atoms with Gasteiger partial charge in [-0.05, 0) is 12.1 Å². The molecule has 1 rings (SSSR count). The number of methoxy groups -OCH3 is 1. The monoisotopic (exact) mass is 273 g/mol. The average molecular weight is 273 g/mol. The van der Waals surface area contributed by atoms with Crippen molar-refractivity contribution < 1.29 is 14.6 Å². The molecule has 0 saturated heterocycles. The molecule has 2 N–H and O–H groups in total. The lowest BCUT2D eigenvalue weighted by atomic mass is 10.3. The number of ether oxygens (including phenoxy) is 2. The van der Waals surface area contributed by atoms with Crippen LogP contribution in [0, 0.1) is 0 Å². The molecule has 0 spiro atoms. The topological polar surface area (TPSA) is 50.7 Å². The van der Waals surface area contributed by atoms with E-state index >= 15 is 0 Å². The van der Waals surface area contributed by atoms with Crippen molar-refractivity contribution in [2.45, 2.75) is 32.4 Å². The third-order valence-electron chi connectivity index (χ3n) is 2.37. The Labute approximate surface area is 113 Å². The molecule has 0 radical (unpaired) electrons. The minimum absolute atomic E-state index is 0.323. The summed E-state index contributed by atoms with van der Waals surface area (Å²) in [5.41, 5.74) is 0. The second-order valence-corrected chi connectivity index (χ2v) is 5.62. The molecule has 1 heterocycles. The SMILES string of the molecule is COCCc1ccc(OCC(O)CNC(C)C)s1. The first kappa shape index (κ1) is 15.4. The Morgan fingerprint density at radius 1 is 1.39 bits per heavy atom. The fraction of sp³-hybridized carbons (Fsp3) is 0.692. The van der Waals surface area contributed by atoms with Gasteiger partial charge >= 0.3 is 0 Å². The zero-order valence-electron chi connectivity index (χ0n) is 11.3. The normalized spacial score (nSPS) is 12.9. The first-order chi connectivity index (χ1) is 8.61. The van der Waals surface area contributed by atoms with Gasteiger partial charge in [0.1, 0.15) is 12.7 Å². The van der Waals surface area contributed by atoms with Gasteiger partial charge in [-0.1, -0.05) is 13.8 Å². The molecule has 5 heteroatoms. The lowest BCUT2D eigenvalue weighted by molar-refractivity contribution is 0.106. The maximum atomic E-state index is 9.70. The van der Waals surface area contributed by atoms with E-state index in [2.05, 4.69) is 19.2 Å². The van der Waals surface area contributed by atoms with Crippen LogP contribution < -0.4 is 10.1 Å². The van der Waals surface area contributed by atoms with Crippen molar-refractivity contribution >= 4 is 11.3 Å². The fourth-order valence-electron chi connectivity index (χ4n) is 1.38.